The lowest BCUT2D eigenvalue weighted by atomic mass is 9.98. The van der Waals surface area contributed by atoms with Crippen molar-refractivity contribution < 1.29 is 52.1 Å². The quantitative estimate of drug-likeness (QED) is 0.127. The monoisotopic (exact) mass is 726 g/mol. The molecule has 21 heteroatoms. The van der Waals surface area contributed by atoms with Crippen LogP contribution in [0.15, 0.2) is 17.3 Å². The van der Waals surface area contributed by atoms with E-state index in [0.29, 0.717) is 0 Å². The normalized spacial score (nSPS) is 20.0. The van der Waals surface area contributed by atoms with E-state index in [2.05, 4.69) is 30.6 Å². The molecule has 1 aliphatic rings. The zero-order valence-electron chi connectivity index (χ0n) is 29.2. The third-order valence-electron chi connectivity index (χ3n) is 7.28. The van der Waals surface area contributed by atoms with E-state index in [1.807, 2.05) is 0 Å². The molecule has 2 unspecified atom stereocenters. The van der Waals surface area contributed by atoms with E-state index in [1.165, 1.54) is 28.9 Å². The van der Waals surface area contributed by atoms with E-state index >= 15 is 0 Å². The zero-order chi connectivity index (χ0) is 37.2. The van der Waals surface area contributed by atoms with Crippen LogP contribution >= 0.6 is 7.60 Å². The summed E-state index contributed by atoms with van der Waals surface area (Å²) >= 11 is 0. The number of carbonyl (C=O) groups excluding carboxylic acids is 3. The number of H-pyrrole nitrogens is 1. The second-order valence-electron chi connectivity index (χ2n) is 13.8. The number of rotatable bonds is 13. The van der Waals surface area contributed by atoms with Crippen molar-refractivity contribution in [2.75, 3.05) is 26.0 Å². The number of hydrogen-bond donors (Lipinski definition) is 3. The Hall–Kier alpha value is -4.07. The van der Waals surface area contributed by atoms with Crippen molar-refractivity contribution in [2.24, 2.45) is 16.7 Å². The molecule has 0 radical (unpaired) electrons. The fourth-order valence-corrected chi connectivity index (χ4v) is 5.52. The van der Waals surface area contributed by atoms with Gasteiger partial charge < -0.3 is 24.1 Å². The maximum atomic E-state index is 13.9. The van der Waals surface area contributed by atoms with Gasteiger partial charge in [0.2, 0.25) is 25.4 Å². The van der Waals surface area contributed by atoms with Crippen molar-refractivity contribution in [2.45, 2.75) is 86.5 Å². The van der Waals surface area contributed by atoms with E-state index in [9.17, 15) is 28.8 Å². The number of hydrogen-bond acceptors (Lipinski definition) is 16. The molecular formula is C29H43N8O12P. The average molecular weight is 727 g/mol. The zero-order valence-corrected chi connectivity index (χ0v) is 30.1. The third-order valence-corrected chi connectivity index (χ3v) is 8.94. The molecule has 276 valence electrons. The minimum Gasteiger partial charge on any atom is -0.438 e. The van der Waals surface area contributed by atoms with Crippen molar-refractivity contribution >= 4 is 48.0 Å². The van der Waals surface area contributed by atoms with Crippen LogP contribution in [0.2, 0.25) is 0 Å². The summed E-state index contributed by atoms with van der Waals surface area (Å²) in [7, 11) is -3.05. The van der Waals surface area contributed by atoms with Crippen LogP contribution in [0.4, 0.5) is 5.95 Å². The summed E-state index contributed by atoms with van der Waals surface area (Å²) in [6.07, 6.45) is -1.78. The highest BCUT2D eigenvalue weighted by atomic mass is 31.2. The lowest BCUT2D eigenvalue weighted by molar-refractivity contribution is -0.161. The maximum absolute atomic E-state index is 13.9. The van der Waals surface area contributed by atoms with Gasteiger partial charge in [0.25, 0.3) is 5.56 Å². The van der Waals surface area contributed by atoms with Crippen molar-refractivity contribution in [3.05, 3.63) is 22.9 Å². The lowest BCUT2D eigenvalue weighted by Crippen LogP contribution is -2.35. The Kier molecular flexibility index (Phi) is 11.6. The number of methoxy groups -OCH3 is 1. The van der Waals surface area contributed by atoms with Gasteiger partial charge in [-0.1, -0.05) is 19.1 Å². The molecule has 4 rings (SSSR count). The van der Waals surface area contributed by atoms with Gasteiger partial charge in [-0.15, -0.1) is 5.10 Å². The molecule has 4 heterocycles. The van der Waals surface area contributed by atoms with E-state index in [0.717, 1.165) is 0 Å². The van der Waals surface area contributed by atoms with E-state index in [1.54, 1.807) is 55.4 Å². The topological polar surface area (TPSA) is 250 Å². The van der Waals surface area contributed by atoms with Crippen molar-refractivity contribution in [1.82, 2.24) is 34.5 Å². The van der Waals surface area contributed by atoms with Crippen LogP contribution < -0.4 is 16.3 Å². The molecule has 3 N–H and O–H groups in total. The first-order chi connectivity index (χ1) is 23.2. The van der Waals surface area contributed by atoms with Crippen LogP contribution in [0, 0.1) is 16.7 Å². The third kappa shape index (κ3) is 8.80. The number of aliphatic hydroxyl groups is 1. The van der Waals surface area contributed by atoms with Gasteiger partial charge in [-0.3, -0.25) is 47.7 Å². The Balaban J connectivity index is 1.54. The highest BCUT2D eigenvalue weighted by Crippen LogP contribution is 2.46. The number of aromatic amines is 1. The molecule has 0 bridgehead atoms. The Morgan fingerprint density at radius 2 is 1.68 bits per heavy atom. The van der Waals surface area contributed by atoms with Crippen LogP contribution in [0.5, 0.6) is 0 Å². The highest BCUT2D eigenvalue weighted by Gasteiger charge is 2.46. The SMILES string of the molecule is COC1C(O)[C@@H](Cn2cc(P(=O)(OCOC(=O)C(C)(C)C)OCOC(=O)C(C)(C)C)nn2)O[C@H]1n1cnc2c(=O)[nH]c(NC(=O)C(C)C)nc21. The summed E-state index contributed by atoms with van der Waals surface area (Å²) in [5.74, 6) is -2.12. The lowest BCUT2D eigenvalue weighted by Gasteiger charge is -2.20. The minimum atomic E-state index is -4.41. The number of esters is 2. The Bertz CT molecular complexity index is 1770. The predicted octanol–water partition coefficient (Wildman–Crippen LogP) is 1.22. The van der Waals surface area contributed by atoms with Gasteiger partial charge in [-0.25, -0.2) is 9.67 Å². The number of nitrogens with one attached hydrogen (secondary N) is 2. The number of nitrogens with zero attached hydrogens (tertiary/aromatic N) is 6. The first kappa shape index (κ1) is 38.7. The summed E-state index contributed by atoms with van der Waals surface area (Å²) in [6.45, 7) is 11.4. The molecule has 4 atom stereocenters. The number of aromatic nitrogens is 7. The highest BCUT2D eigenvalue weighted by molar-refractivity contribution is 7.61. The van der Waals surface area contributed by atoms with Crippen LogP contribution in [0.3, 0.4) is 0 Å². The standard InChI is InChI=1S/C29H43N8O12P/c1-15(2)22(39)32-27-31-21-18(23(40)33-27)30-12-37(21)24-20(44-9)19(38)16(49-24)10-36-11-17(34-35-36)50(43,47-13-45-25(41)28(3,4)5)48-14-46-26(42)29(6,7)8/h11-12,15-16,19-20,24,38H,10,13-14H2,1-9H3,(H2,31,32,33,39,40)/t16-,19?,20?,24-/m1/s1. The fourth-order valence-electron chi connectivity index (χ4n) is 4.37. The molecule has 1 amide bonds. The smallest absolute Gasteiger partial charge is 0.388 e. The Morgan fingerprint density at radius 1 is 1.08 bits per heavy atom. The summed E-state index contributed by atoms with van der Waals surface area (Å²) in [6, 6.07) is 0. The molecule has 1 saturated heterocycles. The number of fused-ring (bicyclic) bond motifs is 1. The van der Waals surface area contributed by atoms with E-state index in [-0.39, 0.29) is 40.9 Å². The predicted molar refractivity (Wildman–Crippen MR) is 173 cm³/mol. The van der Waals surface area contributed by atoms with Crippen molar-refractivity contribution in [3.63, 3.8) is 0 Å². The van der Waals surface area contributed by atoms with Crippen LogP contribution in [0.25, 0.3) is 11.2 Å². The summed E-state index contributed by atoms with van der Waals surface area (Å²) in [4.78, 5) is 60.4. The van der Waals surface area contributed by atoms with Gasteiger partial charge in [0.15, 0.2) is 22.8 Å². The summed E-state index contributed by atoms with van der Waals surface area (Å²) < 4.78 is 49.0. The van der Waals surface area contributed by atoms with Crippen molar-refractivity contribution in [3.8, 4) is 0 Å². The molecule has 1 aliphatic heterocycles. The fraction of sp³-hybridized carbons (Fsp3) is 0.655. The van der Waals surface area contributed by atoms with Gasteiger partial charge in [0.1, 0.15) is 18.3 Å². The second-order valence-corrected chi connectivity index (χ2v) is 15.8. The van der Waals surface area contributed by atoms with Crippen molar-refractivity contribution in [1.29, 1.82) is 0 Å². The number of aliphatic hydroxyl groups excluding tert-OH is 1. The number of anilines is 1. The number of ether oxygens (including phenoxy) is 4. The molecule has 0 aliphatic carbocycles. The number of amides is 1. The van der Waals surface area contributed by atoms with Crippen LogP contribution in [0.1, 0.15) is 61.6 Å². The summed E-state index contributed by atoms with van der Waals surface area (Å²) in [5.41, 5.74) is -2.65. The molecule has 1 fully saturated rings. The Labute approximate surface area is 286 Å². The van der Waals surface area contributed by atoms with Crippen LogP contribution in [-0.2, 0) is 53.5 Å². The minimum absolute atomic E-state index is 0.0398. The molecule has 3 aromatic rings. The molecular weight excluding hydrogens is 683 g/mol. The largest absolute Gasteiger partial charge is 0.438 e. The van der Waals surface area contributed by atoms with E-state index in [4.69, 9.17) is 28.0 Å². The van der Waals surface area contributed by atoms with Crippen LogP contribution in [-0.4, -0.2) is 96.5 Å². The first-order valence-electron chi connectivity index (χ1n) is 15.5. The van der Waals surface area contributed by atoms with Gasteiger partial charge >= 0.3 is 19.5 Å². The molecule has 3 aromatic heterocycles. The average Bonchev–Trinajstić information content (AvgIpc) is 3.74. The molecule has 0 aromatic carbocycles. The van der Waals surface area contributed by atoms with Gasteiger partial charge in [0.05, 0.1) is 29.9 Å². The molecule has 0 spiro atoms. The summed E-state index contributed by atoms with van der Waals surface area (Å²) in [5, 5.41) is 21.6. The van der Waals surface area contributed by atoms with Gasteiger partial charge in [0, 0.05) is 13.0 Å². The first-order valence-corrected chi connectivity index (χ1v) is 17.1. The molecule has 20 nitrogen and oxygen atoms in total. The molecule has 50 heavy (non-hydrogen) atoms. The van der Waals surface area contributed by atoms with E-state index < -0.39 is 74.0 Å². The Morgan fingerprint density at radius 3 is 2.22 bits per heavy atom. The number of imidazole rings is 1. The van der Waals surface area contributed by atoms with Gasteiger partial charge in [-0.05, 0) is 41.5 Å². The second kappa shape index (κ2) is 15.0. The number of carbonyl (C=O) groups is 3. The molecule has 0 saturated carbocycles. The van der Waals surface area contributed by atoms with Gasteiger partial charge in [-0.2, -0.15) is 4.98 Å². The maximum Gasteiger partial charge on any atom is 0.388 e.